The van der Waals surface area contributed by atoms with E-state index in [9.17, 15) is 9.59 Å². The van der Waals surface area contributed by atoms with Crippen molar-refractivity contribution in [2.45, 2.75) is 38.5 Å². The number of carbonyl (C=O) groups is 2. The number of anilines is 1. The van der Waals surface area contributed by atoms with Gasteiger partial charge in [0.15, 0.2) is 0 Å². The first-order chi connectivity index (χ1) is 12.1. The van der Waals surface area contributed by atoms with Gasteiger partial charge in [-0.1, -0.05) is 29.8 Å². The topological polar surface area (TPSA) is 64.4 Å². The fourth-order valence-electron chi connectivity index (χ4n) is 4.52. The number of rotatable bonds is 3. The minimum Gasteiger partial charge on any atom is -0.373 e. The highest BCUT2D eigenvalue weighted by atomic mass is 16.5. The lowest BCUT2D eigenvalue weighted by molar-refractivity contribution is -0.124. The van der Waals surface area contributed by atoms with Crippen molar-refractivity contribution in [1.82, 2.24) is 9.78 Å². The van der Waals surface area contributed by atoms with Gasteiger partial charge in [-0.2, -0.15) is 5.10 Å². The van der Waals surface area contributed by atoms with Crippen LogP contribution < -0.4 is 4.90 Å². The molecule has 4 heterocycles. The second-order valence-electron chi connectivity index (χ2n) is 7.24. The predicted octanol–water partition coefficient (Wildman–Crippen LogP) is 1.91. The Kier molecular flexibility index (Phi) is 3.12. The number of carbonyl (C=O) groups excluding carboxylic acids is 2. The monoisotopic (exact) mass is 337 g/mol. The SMILES string of the molecule is Cc1cccc(Cn2cc(N3C(=O)[C@@H]4[C@@H](C3=O)[C@H]3CC[C@H]4O3)cn2)c1. The highest BCUT2D eigenvalue weighted by molar-refractivity contribution is 6.22. The maximum Gasteiger partial charge on any atom is 0.240 e. The van der Waals surface area contributed by atoms with Crippen molar-refractivity contribution in [2.24, 2.45) is 11.8 Å². The standard InChI is InChI=1S/C19H19N3O3/c1-11-3-2-4-12(7-11)9-21-10-13(8-20-21)22-18(23)16-14-5-6-15(25-14)17(16)19(22)24/h2-4,7-8,10,14-17H,5-6,9H2,1H3/t14-,15-,16+,17+/m1/s1. The molecule has 4 atom stereocenters. The Balaban J connectivity index is 1.40. The number of benzene rings is 1. The van der Waals surface area contributed by atoms with Gasteiger partial charge in [0, 0.05) is 6.20 Å². The van der Waals surface area contributed by atoms with Crippen LogP contribution in [0.2, 0.25) is 0 Å². The largest absolute Gasteiger partial charge is 0.373 e. The van der Waals surface area contributed by atoms with Gasteiger partial charge in [0.05, 0.1) is 42.5 Å². The lowest BCUT2D eigenvalue weighted by atomic mass is 9.81. The van der Waals surface area contributed by atoms with Crippen LogP contribution in [-0.4, -0.2) is 33.8 Å². The van der Waals surface area contributed by atoms with Crippen LogP contribution >= 0.6 is 0 Å². The molecular weight excluding hydrogens is 318 g/mol. The third-order valence-corrected chi connectivity index (χ3v) is 5.59. The molecule has 6 heteroatoms. The second-order valence-corrected chi connectivity index (χ2v) is 7.24. The molecule has 0 N–H and O–H groups in total. The Labute approximate surface area is 145 Å². The minimum absolute atomic E-state index is 0.0845. The number of amides is 2. The average molecular weight is 337 g/mol. The van der Waals surface area contributed by atoms with Crippen LogP contribution in [0.25, 0.3) is 0 Å². The Hall–Kier alpha value is -2.47. The predicted molar refractivity (Wildman–Crippen MR) is 89.9 cm³/mol. The van der Waals surface area contributed by atoms with E-state index in [0.717, 1.165) is 18.4 Å². The molecule has 0 spiro atoms. The molecule has 6 nitrogen and oxygen atoms in total. The molecule has 2 bridgehead atoms. The molecule has 2 amide bonds. The van der Waals surface area contributed by atoms with Gasteiger partial charge in [0.2, 0.25) is 11.8 Å². The fraction of sp³-hybridized carbons (Fsp3) is 0.421. The second kappa shape index (κ2) is 5.26. The summed E-state index contributed by atoms with van der Waals surface area (Å²) < 4.78 is 7.54. The zero-order valence-corrected chi connectivity index (χ0v) is 14.0. The van der Waals surface area contributed by atoms with E-state index < -0.39 is 0 Å². The van der Waals surface area contributed by atoms with E-state index in [1.165, 1.54) is 10.5 Å². The van der Waals surface area contributed by atoms with Crippen LogP contribution in [0.4, 0.5) is 5.69 Å². The normalized spacial score (nSPS) is 30.4. The summed E-state index contributed by atoms with van der Waals surface area (Å²) in [5.41, 5.74) is 2.89. The number of hydrogen-bond donors (Lipinski definition) is 0. The number of fused-ring (bicyclic) bond motifs is 5. The van der Waals surface area contributed by atoms with Crippen LogP contribution in [0, 0.1) is 18.8 Å². The third kappa shape index (κ3) is 2.17. The van der Waals surface area contributed by atoms with E-state index >= 15 is 0 Å². The van der Waals surface area contributed by atoms with Gasteiger partial charge in [-0.25, -0.2) is 4.90 Å². The molecule has 128 valence electrons. The zero-order valence-electron chi connectivity index (χ0n) is 14.0. The molecule has 0 aliphatic carbocycles. The van der Waals surface area contributed by atoms with E-state index in [4.69, 9.17) is 4.74 Å². The molecule has 0 radical (unpaired) electrons. The smallest absolute Gasteiger partial charge is 0.240 e. The van der Waals surface area contributed by atoms with E-state index in [-0.39, 0.29) is 35.9 Å². The van der Waals surface area contributed by atoms with Crippen LogP contribution in [0.5, 0.6) is 0 Å². The molecule has 1 aromatic heterocycles. The molecule has 3 aliphatic rings. The van der Waals surface area contributed by atoms with E-state index in [0.29, 0.717) is 12.2 Å². The van der Waals surface area contributed by atoms with Crippen LogP contribution in [0.1, 0.15) is 24.0 Å². The molecule has 1 aromatic carbocycles. The molecule has 2 aromatic rings. The van der Waals surface area contributed by atoms with Crippen molar-refractivity contribution in [3.05, 3.63) is 47.8 Å². The summed E-state index contributed by atoms with van der Waals surface area (Å²) in [5.74, 6) is -0.854. The van der Waals surface area contributed by atoms with Crippen molar-refractivity contribution in [1.29, 1.82) is 0 Å². The lowest BCUT2D eigenvalue weighted by Crippen LogP contribution is -2.33. The number of hydrogen-bond acceptors (Lipinski definition) is 4. The van der Waals surface area contributed by atoms with Gasteiger partial charge in [-0.05, 0) is 25.3 Å². The summed E-state index contributed by atoms with van der Waals surface area (Å²) in [5, 5.41) is 4.34. The molecule has 0 unspecified atom stereocenters. The van der Waals surface area contributed by atoms with E-state index in [1.807, 2.05) is 12.1 Å². The number of aromatic nitrogens is 2. The van der Waals surface area contributed by atoms with Gasteiger partial charge in [-0.15, -0.1) is 0 Å². The quantitative estimate of drug-likeness (QED) is 0.803. The fourth-order valence-corrected chi connectivity index (χ4v) is 4.52. The lowest BCUT2D eigenvalue weighted by Gasteiger charge is -2.15. The van der Waals surface area contributed by atoms with Crippen molar-refractivity contribution >= 4 is 17.5 Å². The zero-order chi connectivity index (χ0) is 17.1. The summed E-state index contributed by atoms with van der Waals surface area (Å²) in [6.07, 6.45) is 4.98. The summed E-state index contributed by atoms with van der Waals surface area (Å²) in [4.78, 5) is 26.9. The van der Waals surface area contributed by atoms with Gasteiger partial charge in [0.25, 0.3) is 0 Å². The molecule has 5 rings (SSSR count). The number of nitrogens with zero attached hydrogens (tertiary/aromatic N) is 3. The summed E-state index contributed by atoms with van der Waals surface area (Å²) in [6.45, 7) is 2.66. The first-order valence-electron chi connectivity index (χ1n) is 8.73. The van der Waals surface area contributed by atoms with Crippen molar-refractivity contribution in [3.8, 4) is 0 Å². The molecule has 3 saturated heterocycles. The highest BCUT2D eigenvalue weighted by Gasteiger charge is 2.62. The van der Waals surface area contributed by atoms with Crippen molar-refractivity contribution in [3.63, 3.8) is 0 Å². The van der Waals surface area contributed by atoms with Gasteiger partial charge >= 0.3 is 0 Å². The summed E-state index contributed by atoms with van der Waals surface area (Å²) >= 11 is 0. The van der Waals surface area contributed by atoms with Gasteiger partial charge in [-0.3, -0.25) is 14.3 Å². The number of ether oxygens (including phenoxy) is 1. The van der Waals surface area contributed by atoms with Gasteiger partial charge < -0.3 is 4.74 Å². The average Bonchev–Trinajstić information content (AvgIpc) is 3.33. The Bertz CT molecular complexity index is 846. The summed E-state index contributed by atoms with van der Waals surface area (Å²) in [6, 6.07) is 8.21. The molecular formula is C19H19N3O3. The molecule has 25 heavy (non-hydrogen) atoms. The minimum atomic E-state index is -0.300. The molecule has 3 fully saturated rings. The Morgan fingerprint density at radius 1 is 1.16 bits per heavy atom. The number of aryl methyl sites for hydroxylation is 1. The van der Waals surface area contributed by atoms with Gasteiger partial charge in [0.1, 0.15) is 0 Å². The van der Waals surface area contributed by atoms with Crippen LogP contribution in [0.3, 0.4) is 0 Å². The van der Waals surface area contributed by atoms with E-state index in [2.05, 4.69) is 24.2 Å². The first kappa shape index (κ1) is 14.8. The van der Waals surface area contributed by atoms with Crippen LogP contribution in [0.15, 0.2) is 36.7 Å². The molecule has 3 aliphatic heterocycles. The van der Waals surface area contributed by atoms with Crippen molar-refractivity contribution < 1.29 is 14.3 Å². The van der Waals surface area contributed by atoms with Crippen molar-refractivity contribution in [2.75, 3.05) is 4.90 Å². The Morgan fingerprint density at radius 3 is 2.56 bits per heavy atom. The van der Waals surface area contributed by atoms with E-state index in [1.54, 1.807) is 17.1 Å². The molecule has 0 saturated carbocycles. The maximum atomic E-state index is 12.8. The highest BCUT2D eigenvalue weighted by Crippen LogP contribution is 2.49. The first-order valence-corrected chi connectivity index (χ1v) is 8.73. The summed E-state index contributed by atoms with van der Waals surface area (Å²) in [7, 11) is 0. The van der Waals surface area contributed by atoms with Crippen LogP contribution in [-0.2, 0) is 20.9 Å². The number of imide groups is 1. The third-order valence-electron chi connectivity index (χ3n) is 5.59. The maximum absolute atomic E-state index is 12.8. The Morgan fingerprint density at radius 2 is 1.88 bits per heavy atom.